The summed E-state index contributed by atoms with van der Waals surface area (Å²) in [6.07, 6.45) is 3.07. The molecule has 0 saturated carbocycles. The summed E-state index contributed by atoms with van der Waals surface area (Å²) in [6, 6.07) is 3.35. The summed E-state index contributed by atoms with van der Waals surface area (Å²) in [5.74, 6) is -1.41. The lowest BCUT2D eigenvalue weighted by Gasteiger charge is -2.36. The van der Waals surface area contributed by atoms with Gasteiger partial charge in [0.2, 0.25) is 0 Å². The molecule has 15 heavy (non-hydrogen) atoms. The molecular weight excluding hydrogens is 196 g/mol. The molecule has 1 aromatic rings. The van der Waals surface area contributed by atoms with Gasteiger partial charge < -0.3 is 10.0 Å². The van der Waals surface area contributed by atoms with Crippen molar-refractivity contribution in [1.82, 2.24) is 9.88 Å². The van der Waals surface area contributed by atoms with E-state index in [1.807, 2.05) is 0 Å². The SMILES string of the molecule is O=C(O)C1CN(C(=O)c2cccnc2)C1. The minimum Gasteiger partial charge on any atom is -0.481 e. The maximum atomic E-state index is 11.7. The van der Waals surface area contributed by atoms with Crippen molar-refractivity contribution in [2.45, 2.75) is 0 Å². The lowest BCUT2D eigenvalue weighted by molar-refractivity contribution is -0.146. The Morgan fingerprint density at radius 1 is 1.47 bits per heavy atom. The van der Waals surface area contributed by atoms with Gasteiger partial charge in [-0.3, -0.25) is 14.6 Å². The summed E-state index contributed by atoms with van der Waals surface area (Å²) in [7, 11) is 0. The van der Waals surface area contributed by atoms with Gasteiger partial charge in [-0.1, -0.05) is 0 Å². The van der Waals surface area contributed by atoms with Crippen molar-refractivity contribution in [2.75, 3.05) is 13.1 Å². The van der Waals surface area contributed by atoms with Crippen molar-refractivity contribution in [2.24, 2.45) is 5.92 Å². The third kappa shape index (κ3) is 1.81. The number of aromatic nitrogens is 1. The first-order chi connectivity index (χ1) is 7.18. The third-order valence-electron chi connectivity index (χ3n) is 2.43. The maximum absolute atomic E-state index is 11.7. The molecule has 5 heteroatoms. The fourth-order valence-electron chi connectivity index (χ4n) is 1.47. The van der Waals surface area contributed by atoms with Crippen LogP contribution in [-0.4, -0.2) is 40.0 Å². The first-order valence-electron chi connectivity index (χ1n) is 4.60. The van der Waals surface area contributed by atoms with Crippen molar-refractivity contribution in [1.29, 1.82) is 0 Å². The molecule has 0 aromatic carbocycles. The van der Waals surface area contributed by atoms with Gasteiger partial charge in [-0.05, 0) is 12.1 Å². The second-order valence-corrected chi connectivity index (χ2v) is 3.49. The van der Waals surface area contributed by atoms with Crippen LogP contribution in [0.25, 0.3) is 0 Å². The van der Waals surface area contributed by atoms with Crippen molar-refractivity contribution in [3.8, 4) is 0 Å². The number of likely N-dealkylation sites (tertiary alicyclic amines) is 1. The molecule has 2 rings (SSSR count). The van der Waals surface area contributed by atoms with Crippen LogP contribution < -0.4 is 0 Å². The van der Waals surface area contributed by atoms with Gasteiger partial charge in [-0.25, -0.2) is 0 Å². The molecule has 1 aliphatic rings. The fourth-order valence-corrected chi connectivity index (χ4v) is 1.47. The number of aliphatic carboxylic acids is 1. The number of pyridine rings is 1. The second kappa shape index (κ2) is 3.68. The molecule has 5 nitrogen and oxygen atoms in total. The highest BCUT2D eigenvalue weighted by atomic mass is 16.4. The van der Waals surface area contributed by atoms with Crippen LogP contribution in [-0.2, 0) is 4.79 Å². The van der Waals surface area contributed by atoms with Gasteiger partial charge in [0.15, 0.2) is 0 Å². The fraction of sp³-hybridized carbons (Fsp3) is 0.300. The summed E-state index contributed by atoms with van der Waals surface area (Å²) in [6.45, 7) is 0.589. The Hall–Kier alpha value is -1.91. The molecule has 0 spiro atoms. The highest BCUT2D eigenvalue weighted by molar-refractivity contribution is 5.95. The van der Waals surface area contributed by atoms with E-state index in [4.69, 9.17) is 5.11 Å². The number of carboxylic acids is 1. The molecule has 1 fully saturated rings. The van der Waals surface area contributed by atoms with Gasteiger partial charge in [0.1, 0.15) is 0 Å². The minimum atomic E-state index is -0.842. The van der Waals surface area contributed by atoms with Gasteiger partial charge in [0, 0.05) is 25.5 Å². The molecule has 0 unspecified atom stereocenters. The molecule has 2 heterocycles. The molecule has 0 radical (unpaired) electrons. The number of hydrogen-bond donors (Lipinski definition) is 1. The van der Waals surface area contributed by atoms with Crippen LogP contribution in [0.4, 0.5) is 0 Å². The van der Waals surface area contributed by atoms with Gasteiger partial charge in [0.05, 0.1) is 11.5 Å². The van der Waals surface area contributed by atoms with Crippen LogP contribution >= 0.6 is 0 Å². The standard InChI is InChI=1S/C10H10N2O3/c13-9(7-2-1-3-11-4-7)12-5-8(6-12)10(14)15/h1-4,8H,5-6H2,(H,14,15). The molecule has 0 atom stereocenters. The molecule has 1 aliphatic heterocycles. The van der Waals surface area contributed by atoms with Gasteiger partial charge in [-0.15, -0.1) is 0 Å². The Morgan fingerprint density at radius 3 is 2.73 bits per heavy atom. The zero-order chi connectivity index (χ0) is 10.8. The van der Waals surface area contributed by atoms with Crippen molar-refractivity contribution in [3.63, 3.8) is 0 Å². The number of hydrogen-bond acceptors (Lipinski definition) is 3. The van der Waals surface area contributed by atoms with E-state index in [0.29, 0.717) is 18.7 Å². The summed E-state index contributed by atoms with van der Waals surface area (Å²) in [5, 5.41) is 8.65. The lowest BCUT2D eigenvalue weighted by Crippen LogP contribution is -2.53. The van der Waals surface area contributed by atoms with Crippen LogP contribution in [0, 0.1) is 5.92 Å². The van der Waals surface area contributed by atoms with E-state index in [-0.39, 0.29) is 5.91 Å². The Bertz CT molecular complexity index is 385. The van der Waals surface area contributed by atoms with E-state index in [1.54, 1.807) is 18.3 Å². The Kier molecular flexibility index (Phi) is 2.37. The first-order valence-corrected chi connectivity index (χ1v) is 4.60. The topological polar surface area (TPSA) is 70.5 Å². The summed E-state index contributed by atoms with van der Waals surface area (Å²) in [4.78, 5) is 27.6. The zero-order valence-corrected chi connectivity index (χ0v) is 7.96. The second-order valence-electron chi connectivity index (χ2n) is 3.49. The van der Waals surface area contributed by atoms with E-state index < -0.39 is 11.9 Å². The van der Waals surface area contributed by atoms with Crippen LogP contribution in [0.3, 0.4) is 0 Å². The van der Waals surface area contributed by atoms with E-state index >= 15 is 0 Å². The van der Waals surface area contributed by atoms with Crippen molar-refractivity contribution < 1.29 is 14.7 Å². The van der Waals surface area contributed by atoms with Crippen molar-refractivity contribution >= 4 is 11.9 Å². The van der Waals surface area contributed by atoms with Crippen LogP contribution in [0.5, 0.6) is 0 Å². The number of amides is 1. The summed E-state index contributed by atoms with van der Waals surface area (Å²) < 4.78 is 0. The average Bonchev–Trinajstić information content (AvgIpc) is 2.16. The Labute approximate surface area is 86.3 Å². The number of carboxylic acid groups (broad SMARTS) is 1. The zero-order valence-electron chi connectivity index (χ0n) is 7.96. The highest BCUT2D eigenvalue weighted by Crippen LogP contribution is 2.18. The largest absolute Gasteiger partial charge is 0.481 e. The summed E-state index contributed by atoms with van der Waals surface area (Å²) in [5.41, 5.74) is 0.501. The third-order valence-corrected chi connectivity index (χ3v) is 2.43. The molecule has 1 amide bonds. The number of nitrogens with zero attached hydrogens (tertiary/aromatic N) is 2. The van der Waals surface area contributed by atoms with Crippen LogP contribution in [0.2, 0.25) is 0 Å². The van der Waals surface area contributed by atoms with Gasteiger partial charge in [-0.2, -0.15) is 0 Å². The number of carbonyl (C=O) groups excluding carboxylic acids is 1. The molecule has 1 aromatic heterocycles. The molecule has 1 N–H and O–H groups in total. The lowest BCUT2D eigenvalue weighted by atomic mass is 9.99. The smallest absolute Gasteiger partial charge is 0.310 e. The predicted octanol–water partition coefficient (Wildman–Crippen LogP) is 0.238. The summed E-state index contributed by atoms with van der Waals surface area (Å²) >= 11 is 0. The van der Waals surface area contributed by atoms with Gasteiger partial charge >= 0.3 is 5.97 Å². The molecular formula is C10H10N2O3. The van der Waals surface area contributed by atoms with Crippen LogP contribution in [0.15, 0.2) is 24.5 Å². The average molecular weight is 206 g/mol. The molecule has 0 bridgehead atoms. The Balaban J connectivity index is 1.98. The quantitative estimate of drug-likeness (QED) is 0.752. The first kappa shape index (κ1) is 9.64. The normalized spacial score (nSPS) is 15.9. The molecule has 78 valence electrons. The predicted molar refractivity (Wildman–Crippen MR) is 51.3 cm³/mol. The minimum absolute atomic E-state index is 0.152. The van der Waals surface area contributed by atoms with E-state index in [2.05, 4.69) is 4.98 Å². The van der Waals surface area contributed by atoms with Crippen molar-refractivity contribution in [3.05, 3.63) is 30.1 Å². The molecule has 1 saturated heterocycles. The van der Waals surface area contributed by atoms with E-state index in [9.17, 15) is 9.59 Å². The van der Waals surface area contributed by atoms with Crippen LogP contribution in [0.1, 0.15) is 10.4 Å². The highest BCUT2D eigenvalue weighted by Gasteiger charge is 2.35. The molecule has 0 aliphatic carbocycles. The number of rotatable bonds is 2. The monoisotopic (exact) mass is 206 g/mol. The van der Waals surface area contributed by atoms with E-state index in [0.717, 1.165) is 0 Å². The number of carbonyl (C=O) groups is 2. The van der Waals surface area contributed by atoms with E-state index in [1.165, 1.54) is 11.1 Å². The van der Waals surface area contributed by atoms with Gasteiger partial charge in [0.25, 0.3) is 5.91 Å². The maximum Gasteiger partial charge on any atom is 0.310 e. The Morgan fingerprint density at radius 2 is 2.20 bits per heavy atom.